The van der Waals surface area contributed by atoms with Crippen molar-refractivity contribution in [2.45, 2.75) is 26.7 Å². The lowest BCUT2D eigenvalue weighted by atomic mass is 10.1. The molecule has 1 amide bonds. The van der Waals surface area contributed by atoms with E-state index >= 15 is 0 Å². The summed E-state index contributed by atoms with van der Waals surface area (Å²) in [6.07, 6.45) is 3.17. The average molecular weight is 439 g/mol. The minimum absolute atomic E-state index is 0.266. The van der Waals surface area contributed by atoms with E-state index in [4.69, 9.17) is 16.3 Å². The number of hydrogen-bond donors (Lipinski definition) is 1. The molecule has 2 aromatic rings. The molecule has 0 saturated carbocycles. The first kappa shape index (κ1) is 23.0. The van der Waals surface area contributed by atoms with E-state index < -0.39 is 15.9 Å². The molecule has 0 spiro atoms. The van der Waals surface area contributed by atoms with Crippen molar-refractivity contribution in [3.63, 3.8) is 0 Å². The van der Waals surface area contributed by atoms with Gasteiger partial charge < -0.3 is 10.1 Å². The number of hydrogen-bond acceptors (Lipinski definition) is 4. The van der Waals surface area contributed by atoms with Gasteiger partial charge in [0.2, 0.25) is 15.9 Å². The number of carbonyl (C=O) groups is 1. The maximum absolute atomic E-state index is 12.2. The molecule has 0 saturated heterocycles. The highest BCUT2D eigenvalue weighted by molar-refractivity contribution is 7.92. The Hall–Kier alpha value is -2.25. The molecule has 0 aliphatic carbocycles. The van der Waals surface area contributed by atoms with Gasteiger partial charge in [0.25, 0.3) is 0 Å². The average Bonchev–Trinajstić information content (AvgIpc) is 2.66. The number of aryl methyl sites for hydroxylation is 2. The number of carbonyl (C=O) groups excluding carboxylic acids is 1. The molecule has 0 aliphatic rings. The van der Waals surface area contributed by atoms with Crippen LogP contribution in [0.2, 0.25) is 5.02 Å². The van der Waals surface area contributed by atoms with E-state index in [1.807, 2.05) is 31.2 Å². The summed E-state index contributed by atoms with van der Waals surface area (Å²) < 4.78 is 30.9. The van der Waals surface area contributed by atoms with E-state index in [1.54, 1.807) is 12.1 Å². The highest BCUT2D eigenvalue weighted by Crippen LogP contribution is 2.24. The molecule has 158 valence electrons. The van der Waals surface area contributed by atoms with Crippen molar-refractivity contribution in [1.82, 2.24) is 5.32 Å². The molecule has 2 aromatic carbocycles. The third kappa shape index (κ3) is 7.25. The van der Waals surface area contributed by atoms with Gasteiger partial charge in [0.05, 0.1) is 18.5 Å². The fraction of sp³-hybridized carbons (Fsp3) is 0.381. The fourth-order valence-corrected chi connectivity index (χ4v) is 3.75. The number of benzene rings is 2. The van der Waals surface area contributed by atoms with Crippen molar-refractivity contribution in [2.75, 3.05) is 30.3 Å². The zero-order valence-electron chi connectivity index (χ0n) is 16.9. The predicted octanol–water partition coefficient (Wildman–Crippen LogP) is 3.56. The van der Waals surface area contributed by atoms with Crippen LogP contribution in [0.5, 0.6) is 5.75 Å². The van der Waals surface area contributed by atoms with Crippen LogP contribution in [0.15, 0.2) is 42.5 Å². The van der Waals surface area contributed by atoms with Gasteiger partial charge >= 0.3 is 0 Å². The number of sulfonamides is 1. The first-order valence-electron chi connectivity index (χ1n) is 9.43. The monoisotopic (exact) mass is 438 g/mol. The number of anilines is 1. The summed E-state index contributed by atoms with van der Waals surface area (Å²) in [5, 5.41) is 3.12. The van der Waals surface area contributed by atoms with Gasteiger partial charge in [-0.3, -0.25) is 9.10 Å². The molecule has 8 heteroatoms. The summed E-state index contributed by atoms with van der Waals surface area (Å²) in [6, 6.07) is 12.7. The number of ether oxygens (including phenoxy) is 1. The highest BCUT2D eigenvalue weighted by atomic mass is 35.5. The van der Waals surface area contributed by atoms with Gasteiger partial charge in [-0.1, -0.05) is 43.1 Å². The van der Waals surface area contributed by atoms with Gasteiger partial charge in [-0.05, 0) is 48.7 Å². The molecule has 29 heavy (non-hydrogen) atoms. The minimum atomic E-state index is -3.64. The summed E-state index contributed by atoms with van der Waals surface area (Å²) in [4.78, 5) is 12.2. The van der Waals surface area contributed by atoms with Crippen molar-refractivity contribution >= 4 is 33.2 Å². The Morgan fingerprint density at radius 1 is 1.17 bits per heavy atom. The number of rotatable bonds is 10. The molecule has 0 aromatic heterocycles. The van der Waals surface area contributed by atoms with Crippen LogP contribution in [0.1, 0.15) is 24.5 Å². The van der Waals surface area contributed by atoms with Crippen LogP contribution in [0.25, 0.3) is 0 Å². The van der Waals surface area contributed by atoms with Gasteiger partial charge in [-0.2, -0.15) is 0 Å². The van der Waals surface area contributed by atoms with Crippen LogP contribution in [0.3, 0.4) is 0 Å². The SMILES string of the molecule is CCCc1ccc(OCCNC(=O)CN(c2ccc(C)c(Cl)c2)S(C)(=O)=O)cc1. The zero-order chi connectivity index (χ0) is 21.4. The standard InChI is InChI=1S/C21H27ClN2O4S/c1-4-5-17-7-10-19(11-8-17)28-13-12-23-21(25)15-24(29(3,26)27)18-9-6-16(2)20(22)14-18/h6-11,14H,4-5,12-13,15H2,1-3H3,(H,23,25). The van der Waals surface area contributed by atoms with Crippen molar-refractivity contribution < 1.29 is 17.9 Å². The van der Waals surface area contributed by atoms with E-state index in [0.717, 1.165) is 34.7 Å². The van der Waals surface area contributed by atoms with E-state index in [0.29, 0.717) is 10.7 Å². The van der Waals surface area contributed by atoms with E-state index in [2.05, 4.69) is 12.2 Å². The molecule has 0 bridgehead atoms. The van der Waals surface area contributed by atoms with Crippen LogP contribution < -0.4 is 14.4 Å². The molecule has 0 unspecified atom stereocenters. The Balaban J connectivity index is 1.87. The van der Waals surface area contributed by atoms with Crippen molar-refractivity contribution in [1.29, 1.82) is 0 Å². The molecule has 1 N–H and O–H groups in total. The molecule has 0 atom stereocenters. The Morgan fingerprint density at radius 2 is 1.86 bits per heavy atom. The maximum Gasteiger partial charge on any atom is 0.240 e. The van der Waals surface area contributed by atoms with Crippen LogP contribution in [0, 0.1) is 6.92 Å². The first-order valence-corrected chi connectivity index (χ1v) is 11.7. The van der Waals surface area contributed by atoms with Crippen molar-refractivity contribution in [3.05, 3.63) is 58.6 Å². The van der Waals surface area contributed by atoms with Crippen molar-refractivity contribution in [2.24, 2.45) is 0 Å². The van der Waals surface area contributed by atoms with Crippen molar-refractivity contribution in [3.8, 4) is 5.75 Å². The summed E-state index contributed by atoms with van der Waals surface area (Å²) in [6.45, 7) is 4.17. The quantitative estimate of drug-likeness (QED) is 0.575. The molecular formula is C21H27ClN2O4S. The van der Waals surface area contributed by atoms with E-state index in [-0.39, 0.29) is 19.7 Å². The van der Waals surface area contributed by atoms with Gasteiger partial charge in [0, 0.05) is 5.02 Å². The minimum Gasteiger partial charge on any atom is -0.492 e. The number of nitrogens with one attached hydrogen (secondary N) is 1. The number of amides is 1. The third-order valence-electron chi connectivity index (χ3n) is 4.29. The predicted molar refractivity (Wildman–Crippen MR) is 117 cm³/mol. The molecule has 0 fully saturated rings. The van der Waals surface area contributed by atoms with Crippen LogP contribution in [-0.4, -0.2) is 40.3 Å². The number of nitrogens with zero attached hydrogens (tertiary/aromatic N) is 1. The summed E-state index contributed by atoms with van der Waals surface area (Å²) in [5.41, 5.74) is 2.43. The molecule has 0 heterocycles. The highest BCUT2D eigenvalue weighted by Gasteiger charge is 2.21. The van der Waals surface area contributed by atoms with Gasteiger partial charge in [0.15, 0.2) is 0 Å². The fourth-order valence-electron chi connectivity index (χ4n) is 2.72. The second-order valence-corrected chi connectivity index (χ2v) is 9.11. The molecular weight excluding hydrogens is 412 g/mol. The Labute approximate surface area is 177 Å². The lowest BCUT2D eigenvalue weighted by molar-refractivity contribution is -0.119. The van der Waals surface area contributed by atoms with E-state index in [1.165, 1.54) is 11.6 Å². The largest absolute Gasteiger partial charge is 0.492 e. The number of halogens is 1. The van der Waals surface area contributed by atoms with Crippen LogP contribution >= 0.6 is 11.6 Å². The summed E-state index contributed by atoms with van der Waals surface area (Å²) in [5.74, 6) is 0.306. The smallest absolute Gasteiger partial charge is 0.240 e. The lowest BCUT2D eigenvalue weighted by Crippen LogP contribution is -2.41. The normalized spacial score (nSPS) is 11.2. The van der Waals surface area contributed by atoms with Crippen LogP contribution in [-0.2, 0) is 21.2 Å². The van der Waals surface area contributed by atoms with Crippen LogP contribution in [0.4, 0.5) is 5.69 Å². The third-order valence-corrected chi connectivity index (χ3v) is 5.83. The Morgan fingerprint density at radius 3 is 2.45 bits per heavy atom. The molecule has 0 aliphatic heterocycles. The maximum atomic E-state index is 12.2. The van der Waals surface area contributed by atoms with Gasteiger partial charge in [0.1, 0.15) is 18.9 Å². The lowest BCUT2D eigenvalue weighted by Gasteiger charge is -2.22. The first-order chi connectivity index (χ1) is 13.7. The van der Waals surface area contributed by atoms with E-state index in [9.17, 15) is 13.2 Å². The summed E-state index contributed by atoms with van der Waals surface area (Å²) >= 11 is 6.09. The zero-order valence-corrected chi connectivity index (χ0v) is 18.5. The Bertz CT molecular complexity index is 930. The van der Waals surface area contributed by atoms with Gasteiger partial charge in [-0.25, -0.2) is 8.42 Å². The molecule has 2 rings (SSSR count). The summed E-state index contributed by atoms with van der Waals surface area (Å²) in [7, 11) is -3.64. The molecule has 0 radical (unpaired) electrons. The second-order valence-electron chi connectivity index (χ2n) is 6.80. The second kappa shape index (κ2) is 10.5. The molecule has 6 nitrogen and oxygen atoms in total. The Kier molecular flexibility index (Phi) is 8.34. The van der Waals surface area contributed by atoms with Gasteiger partial charge in [-0.15, -0.1) is 0 Å². The topological polar surface area (TPSA) is 75.7 Å².